The molecule has 1 saturated heterocycles. The highest BCUT2D eigenvalue weighted by Crippen LogP contribution is 2.48. The third kappa shape index (κ3) is 6.16. The molecule has 0 aliphatic carbocycles. The molecule has 0 bridgehead atoms. The Morgan fingerprint density at radius 3 is 2.56 bits per heavy atom. The van der Waals surface area contributed by atoms with Gasteiger partial charge in [-0.2, -0.15) is 0 Å². The molecule has 12 heteroatoms. The molecule has 1 aromatic carbocycles. The van der Waals surface area contributed by atoms with E-state index in [1.165, 1.54) is 11.1 Å². The number of hydrogen-bond acceptors (Lipinski definition) is 9. The minimum atomic E-state index is -3.47. The predicted octanol–water partition coefficient (Wildman–Crippen LogP) is 2.35. The molecule has 1 fully saturated rings. The summed E-state index contributed by atoms with van der Waals surface area (Å²) in [7, 11) is -3.47. The zero-order valence-electron chi connectivity index (χ0n) is 17.9. The molecule has 2 aliphatic heterocycles. The van der Waals surface area contributed by atoms with E-state index in [9.17, 15) is 14.2 Å². The Kier molecular flexibility index (Phi) is 8.41. The van der Waals surface area contributed by atoms with Gasteiger partial charge < -0.3 is 34.3 Å². The third-order valence-corrected chi connectivity index (χ3v) is 6.39. The van der Waals surface area contributed by atoms with Crippen LogP contribution in [-0.2, 0) is 27.8 Å². The molecule has 11 nitrogen and oxygen atoms in total. The maximum absolute atomic E-state index is 12.7. The van der Waals surface area contributed by atoms with Gasteiger partial charge in [0.2, 0.25) is 0 Å². The number of hydrogen-bond donors (Lipinski definition) is 2. The van der Waals surface area contributed by atoms with E-state index in [1.807, 2.05) is 0 Å². The van der Waals surface area contributed by atoms with Crippen LogP contribution in [0.3, 0.4) is 0 Å². The lowest BCUT2D eigenvalue weighted by Gasteiger charge is -2.32. The first-order valence-electron chi connectivity index (χ1n) is 10.3. The minimum absolute atomic E-state index is 0.102. The lowest BCUT2D eigenvalue weighted by Crippen LogP contribution is -2.55. The fraction of sp³-hybridized carbons (Fsp3) is 0.500. The highest BCUT2D eigenvalue weighted by molar-refractivity contribution is 7.53. The Labute approximate surface area is 186 Å². The van der Waals surface area contributed by atoms with Crippen LogP contribution in [0.15, 0.2) is 42.6 Å². The largest absolute Gasteiger partial charge is 0.454 e. The molecule has 1 aromatic rings. The third-order valence-electron chi connectivity index (χ3n) is 4.62. The number of amides is 2. The number of carbonyl (C=O) groups excluding carboxylic acids is 2. The van der Waals surface area contributed by atoms with Crippen LogP contribution >= 0.6 is 7.60 Å². The second-order valence-electron chi connectivity index (χ2n) is 6.97. The molecular formula is C20H28N3O8P. The summed E-state index contributed by atoms with van der Waals surface area (Å²) in [6.07, 6.45) is -0.603. The van der Waals surface area contributed by atoms with Crippen molar-refractivity contribution in [3.05, 3.63) is 48.2 Å². The number of urea groups is 1. The van der Waals surface area contributed by atoms with Gasteiger partial charge in [-0.1, -0.05) is 18.2 Å². The number of rotatable bonds is 10. The smallest absolute Gasteiger partial charge is 0.356 e. The van der Waals surface area contributed by atoms with Crippen molar-refractivity contribution in [1.29, 1.82) is 0 Å². The number of nitrogens with two attached hydrogens (primary N) is 1. The van der Waals surface area contributed by atoms with Gasteiger partial charge in [-0.25, -0.2) is 9.59 Å². The van der Waals surface area contributed by atoms with Gasteiger partial charge in [0.1, 0.15) is 0 Å². The van der Waals surface area contributed by atoms with Gasteiger partial charge in [0.05, 0.1) is 24.9 Å². The maximum Gasteiger partial charge on any atom is 0.356 e. The topological polar surface area (TPSA) is 139 Å². The Morgan fingerprint density at radius 1 is 1.25 bits per heavy atom. The molecule has 2 amide bonds. The van der Waals surface area contributed by atoms with E-state index in [2.05, 4.69) is 5.32 Å². The Hall–Kier alpha value is -2.27. The van der Waals surface area contributed by atoms with Crippen molar-refractivity contribution in [3.8, 4) is 0 Å². The molecule has 0 aromatic heterocycles. The van der Waals surface area contributed by atoms with Crippen LogP contribution in [0.4, 0.5) is 4.79 Å². The highest BCUT2D eigenvalue weighted by atomic mass is 31.2. The number of esters is 1. The molecule has 2 aliphatic rings. The summed E-state index contributed by atoms with van der Waals surface area (Å²) in [6.45, 7) is 3.76. The molecule has 2 unspecified atom stereocenters. The molecule has 176 valence electrons. The van der Waals surface area contributed by atoms with Gasteiger partial charge >= 0.3 is 19.6 Å². The van der Waals surface area contributed by atoms with Gasteiger partial charge in [0, 0.05) is 12.6 Å². The quantitative estimate of drug-likeness (QED) is 0.390. The molecule has 3 N–H and O–H groups in total. The second kappa shape index (κ2) is 11.0. The minimum Gasteiger partial charge on any atom is -0.454 e. The van der Waals surface area contributed by atoms with Crippen molar-refractivity contribution in [2.75, 3.05) is 19.6 Å². The van der Waals surface area contributed by atoms with E-state index in [0.29, 0.717) is 5.56 Å². The molecule has 2 heterocycles. The van der Waals surface area contributed by atoms with E-state index in [-0.39, 0.29) is 26.0 Å². The fourth-order valence-corrected chi connectivity index (χ4v) is 4.60. The zero-order valence-corrected chi connectivity index (χ0v) is 18.8. The summed E-state index contributed by atoms with van der Waals surface area (Å²) in [5, 5.41) is 2.55. The van der Waals surface area contributed by atoms with Crippen molar-refractivity contribution in [2.24, 2.45) is 5.73 Å². The van der Waals surface area contributed by atoms with Crippen LogP contribution in [0.25, 0.3) is 0 Å². The standard InChI is InChI=1S/C20H28N3O8P/c1-3-28-32(26,29-4-2)13-27-17-12-15(30-19(24)14-8-6-5-7-9-14)18(31-17)23-11-10-16(21)22-20(23)25/h5-11,15-18H,3-4,12-13,21H2,1-2H3,(H,22,25)/t15?,16?,17-,18+/m0/s1. The summed E-state index contributed by atoms with van der Waals surface area (Å²) in [6, 6.07) is 7.94. The maximum atomic E-state index is 12.7. The molecule has 3 rings (SSSR count). The first-order valence-corrected chi connectivity index (χ1v) is 12.0. The van der Waals surface area contributed by atoms with Crippen LogP contribution < -0.4 is 11.1 Å². The van der Waals surface area contributed by atoms with Crippen LogP contribution in [0.2, 0.25) is 0 Å². The van der Waals surface area contributed by atoms with Crippen molar-refractivity contribution < 1.29 is 37.4 Å². The fourth-order valence-electron chi connectivity index (χ4n) is 3.24. The summed E-state index contributed by atoms with van der Waals surface area (Å²) in [5.74, 6) is -0.572. The molecule has 32 heavy (non-hydrogen) atoms. The van der Waals surface area contributed by atoms with Crippen molar-refractivity contribution in [2.45, 2.75) is 45.1 Å². The molecule has 0 radical (unpaired) electrons. The van der Waals surface area contributed by atoms with Gasteiger partial charge in [0.25, 0.3) is 0 Å². The van der Waals surface area contributed by atoms with Crippen molar-refractivity contribution in [1.82, 2.24) is 10.2 Å². The Balaban J connectivity index is 1.73. The highest BCUT2D eigenvalue weighted by Gasteiger charge is 2.45. The van der Waals surface area contributed by atoms with E-state index in [4.69, 9.17) is 29.0 Å². The van der Waals surface area contributed by atoms with Crippen LogP contribution in [-0.4, -0.2) is 61.2 Å². The van der Waals surface area contributed by atoms with Crippen LogP contribution in [0.5, 0.6) is 0 Å². The van der Waals surface area contributed by atoms with E-state index in [1.54, 1.807) is 50.3 Å². The Bertz CT molecular complexity index is 858. The number of nitrogens with one attached hydrogen (secondary N) is 1. The molecule has 4 atom stereocenters. The summed E-state index contributed by atoms with van der Waals surface area (Å²) >= 11 is 0. The van der Waals surface area contributed by atoms with Crippen molar-refractivity contribution in [3.63, 3.8) is 0 Å². The van der Waals surface area contributed by atoms with Crippen LogP contribution in [0.1, 0.15) is 30.6 Å². The Morgan fingerprint density at radius 2 is 1.94 bits per heavy atom. The van der Waals surface area contributed by atoms with E-state index >= 15 is 0 Å². The first kappa shape index (κ1) is 24.4. The van der Waals surface area contributed by atoms with E-state index in [0.717, 1.165) is 0 Å². The SMILES string of the molecule is CCOP(=O)(CO[C@@H]1CC(OC(=O)c2ccccc2)[C@H](N2C=CC(N)NC2=O)O1)OCC. The summed E-state index contributed by atoms with van der Waals surface area (Å²) in [4.78, 5) is 26.3. The normalized spacial score (nSPS) is 25.6. The molecule has 0 spiro atoms. The zero-order chi connectivity index (χ0) is 23.1. The number of ether oxygens (including phenoxy) is 3. The monoisotopic (exact) mass is 469 g/mol. The first-order chi connectivity index (χ1) is 15.3. The summed E-state index contributed by atoms with van der Waals surface area (Å²) < 4.78 is 40.2. The average molecular weight is 469 g/mol. The van der Waals surface area contributed by atoms with Crippen LogP contribution in [0, 0.1) is 0 Å². The number of carbonyl (C=O) groups is 2. The lowest BCUT2D eigenvalue weighted by molar-refractivity contribution is -0.151. The van der Waals surface area contributed by atoms with Crippen molar-refractivity contribution >= 4 is 19.6 Å². The van der Waals surface area contributed by atoms with Gasteiger partial charge in [-0.05, 0) is 32.1 Å². The molecule has 0 saturated carbocycles. The number of benzene rings is 1. The van der Waals surface area contributed by atoms with Gasteiger partial charge in [0.15, 0.2) is 25.0 Å². The van der Waals surface area contributed by atoms with Gasteiger partial charge in [-0.15, -0.1) is 0 Å². The second-order valence-corrected chi connectivity index (χ2v) is 8.96. The van der Waals surface area contributed by atoms with E-state index < -0.39 is 44.4 Å². The lowest BCUT2D eigenvalue weighted by atomic mass is 10.2. The summed E-state index contributed by atoms with van der Waals surface area (Å²) in [5.41, 5.74) is 6.06. The predicted molar refractivity (Wildman–Crippen MR) is 113 cm³/mol. The number of nitrogens with zero attached hydrogens (tertiary/aromatic N) is 1. The average Bonchev–Trinajstić information content (AvgIpc) is 3.16. The van der Waals surface area contributed by atoms with Gasteiger partial charge in [-0.3, -0.25) is 9.46 Å². The molecular weight excluding hydrogens is 441 g/mol.